The lowest BCUT2D eigenvalue weighted by Crippen LogP contribution is -2.16. The van der Waals surface area contributed by atoms with E-state index in [0.29, 0.717) is 0 Å². The minimum atomic E-state index is -0.953. The Hall–Kier alpha value is -1.44. The van der Waals surface area contributed by atoms with Crippen molar-refractivity contribution in [3.63, 3.8) is 0 Å². The van der Waals surface area contributed by atoms with Crippen molar-refractivity contribution in [1.82, 2.24) is 0 Å². The van der Waals surface area contributed by atoms with E-state index in [1.54, 1.807) is 0 Å². The van der Waals surface area contributed by atoms with Crippen molar-refractivity contribution in [2.24, 2.45) is 0 Å². The molecule has 0 saturated carbocycles. The second-order valence-electron chi connectivity index (χ2n) is 1.52. The lowest BCUT2D eigenvalue weighted by molar-refractivity contribution is -0.138. The van der Waals surface area contributed by atoms with Gasteiger partial charge in [-0.2, -0.15) is 5.26 Å². The minimum Gasteiger partial charge on any atom is -0.452 e. The standard InChI is InChI=1S/C6H4BrN3O2/c7-2-1-3-12-6(11)5(4-8)10-9/h1-2H,3H2/b2-1+. The van der Waals surface area contributed by atoms with E-state index < -0.39 is 11.7 Å². The van der Waals surface area contributed by atoms with Gasteiger partial charge in [0.05, 0.1) is 0 Å². The first-order chi connectivity index (χ1) is 5.76. The highest BCUT2D eigenvalue weighted by atomic mass is 79.9. The molecular formula is C6H4BrN3O2. The Bertz CT molecular complexity index is 286. The number of nitriles is 1. The zero-order valence-corrected chi connectivity index (χ0v) is 7.48. The predicted molar refractivity (Wildman–Crippen MR) is 43.3 cm³/mol. The van der Waals surface area contributed by atoms with Gasteiger partial charge in [-0.1, -0.05) is 15.9 Å². The van der Waals surface area contributed by atoms with Gasteiger partial charge in [0.15, 0.2) is 6.07 Å². The van der Waals surface area contributed by atoms with E-state index in [1.807, 2.05) is 0 Å². The number of halogens is 1. The van der Waals surface area contributed by atoms with Crippen molar-refractivity contribution in [2.45, 2.75) is 0 Å². The van der Waals surface area contributed by atoms with Crippen LogP contribution in [-0.4, -0.2) is 23.1 Å². The van der Waals surface area contributed by atoms with Crippen LogP contribution < -0.4 is 0 Å². The summed E-state index contributed by atoms with van der Waals surface area (Å²) < 4.78 is 4.46. The maximum Gasteiger partial charge on any atom is 0.475 e. The topological polar surface area (TPSA) is 86.5 Å². The fraction of sp³-hybridized carbons (Fsp3) is 0.167. The number of rotatable bonds is 3. The Morgan fingerprint density at radius 2 is 2.50 bits per heavy atom. The minimum absolute atomic E-state index is 0.0186. The Balaban J connectivity index is 4.07. The van der Waals surface area contributed by atoms with Gasteiger partial charge >= 0.3 is 11.7 Å². The lowest BCUT2D eigenvalue weighted by atomic mass is 10.4. The summed E-state index contributed by atoms with van der Waals surface area (Å²) in [6.45, 7) is 0.0186. The van der Waals surface area contributed by atoms with Crippen LogP contribution in [0.5, 0.6) is 0 Å². The summed E-state index contributed by atoms with van der Waals surface area (Å²) in [4.78, 5) is 14.6. The quantitative estimate of drug-likeness (QED) is 0.308. The Labute approximate surface area is 77.0 Å². The number of carbonyl (C=O) groups excluding carboxylic acids is 1. The number of carbonyl (C=O) groups is 1. The fourth-order valence-corrected chi connectivity index (χ4v) is 0.490. The highest BCUT2D eigenvalue weighted by molar-refractivity contribution is 9.11. The normalized spacial score (nSPS) is 8.67. The molecule has 0 aromatic carbocycles. The number of hydrogen-bond donors (Lipinski definition) is 0. The Morgan fingerprint density at radius 3 is 2.92 bits per heavy atom. The van der Waals surface area contributed by atoms with E-state index >= 15 is 0 Å². The van der Waals surface area contributed by atoms with E-state index in [1.165, 1.54) is 17.1 Å². The molecule has 0 aliphatic heterocycles. The summed E-state index contributed by atoms with van der Waals surface area (Å²) in [6, 6.07) is 1.37. The van der Waals surface area contributed by atoms with Crippen LogP contribution in [0.15, 0.2) is 11.1 Å². The smallest absolute Gasteiger partial charge is 0.452 e. The van der Waals surface area contributed by atoms with Gasteiger partial charge in [-0.05, 0) is 11.1 Å². The largest absolute Gasteiger partial charge is 0.475 e. The molecule has 0 aromatic rings. The predicted octanol–water partition coefficient (Wildman–Crippen LogP) is 0.633. The second kappa shape index (κ2) is 6.28. The van der Waals surface area contributed by atoms with E-state index in [4.69, 9.17) is 10.8 Å². The van der Waals surface area contributed by atoms with E-state index in [0.717, 1.165) is 0 Å². The Morgan fingerprint density at radius 1 is 1.83 bits per heavy atom. The summed E-state index contributed by atoms with van der Waals surface area (Å²) in [6.07, 6.45) is 1.50. The highest BCUT2D eigenvalue weighted by Crippen LogP contribution is 1.85. The third-order valence-electron chi connectivity index (χ3n) is 0.799. The van der Waals surface area contributed by atoms with Crippen LogP contribution >= 0.6 is 15.9 Å². The van der Waals surface area contributed by atoms with Gasteiger partial charge < -0.3 is 10.3 Å². The monoisotopic (exact) mass is 229 g/mol. The van der Waals surface area contributed by atoms with Crippen molar-refractivity contribution in [3.8, 4) is 6.07 Å². The average Bonchev–Trinajstić information content (AvgIpc) is 2.07. The first-order valence-corrected chi connectivity index (χ1v) is 3.72. The van der Waals surface area contributed by atoms with Crippen molar-refractivity contribution in [3.05, 3.63) is 16.6 Å². The van der Waals surface area contributed by atoms with E-state index in [-0.39, 0.29) is 6.61 Å². The first kappa shape index (κ1) is 10.6. The number of nitrogens with zero attached hydrogens (tertiary/aromatic N) is 3. The molecule has 5 nitrogen and oxygen atoms in total. The molecule has 0 unspecified atom stereocenters. The number of ether oxygens (including phenoxy) is 1. The maximum absolute atomic E-state index is 10.7. The molecule has 0 fully saturated rings. The molecule has 62 valence electrons. The van der Waals surface area contributed by atoms with Crippen LogP contribution in [0.3, 0.4) is 0 Å². The highest BCUT2D eigenvalue weighted by Gasteiger charge is 2.20. The van der Waals surface area contributed by atoms with Crippen LogP contribution in [0.2, 0.25) is 0 Å². The molecule has 0 amide bonds. The lowest BCUT2D eigenvalue weighted by Gasteiger charge is -1.91. The molecule has 0 N–H and O–H groups in total. The van der Waals surface area contributed by atoms with Crippen molar-refractivity contribution >= 4 is 27.6 Å². The summed E-state index contributed by atoms with van der Waals surface area (Å²) >= 11 is 2.95. The molecule has 0 atom stereocenters. The van der Waals surface area contributed by atoms with E-state index in [9.17, 15) is 4.79 Å². The number of hydrogen-bond acceptors (Lipinski definition) is 3. The zero-order chi connectivity index (χ0) is 9.40. The molecule has 0 aromatic heterocycles. The molecule has 0 radical (unpaired) electrons. The van der Waals surface area contributed by atoms with Crippen molar-refractivity contribution < 1.29 is 14.3 Å². The van der Waals surface area contributed by atoms with Gasteiger partial charge in [-0.15, -0.1) is 4.79 Å². The summed E-state index contributed by atoms with van der Waals surface area (Å²) in [5.41, 5.74) is 7.42. The second-order valence-corrected chi connectivity index (χ2v) is 2.05. The van der Waals surface area contributed by atoms with Gasteiger partial charge in [-0.25, -0.2) is 4.79 Å². The van der Waals surface area contributed by atoms with Crippen LogP contribution in [0.25, 0.3) is 5.53 Å². The zero-order valence-electron chi connectivity index (χ0n) is 5.90. The summed E-state index contributed by atoms with van der Waals surface area (Å²) in [5.74, 6) is -0.953. The molecular weight excluding hydrogens is 226 g/mol. The van der Waals surface area contributed by atoms with Gasteiger partial charge in [0.25, 0.3) is 0 Å². The molecule has 0 saturated heterocycles. The summed E-state index contributed by atoms with van der Waals surface area (Å²) in [5, 5.41) is 8.18. The Kier molecular flexibility index (Phi) is 5.53. The van der Waals surface area contributed by atoms with Gasteiger partial charge in [0.1, 0.15) is 6.61 Å². The fourth-order valence-electron chi connectivity index (χ4n) is 0.337. The van der Waals surface area contributed by atoms with Gasteiger partial charge in [0, 0.05) is 0 Å². The van der Waals surface area contributed by atoms with Crippen LogP contribution in [-0.2, 0) is 9.53 Å². The molecule has 0 aliphatic carbocycles. The third kappa shape index (κ3) is 3.66. The molecule has 0 heterocycles. The SMILES string of the molecule is N#CC(=[N+]=[N-])C(=O)OC/C=C/Br. The molecule has 0 spiro atoms. The molecule has 6 heteroatoms. The maximum atomic E-state index is 10.7. The average molecular weight is 230 g/mol. The van der Waals surface area contributed by atoms with E-state index in [2.05, 4.69) is 25.5 Å². The molecule has 0 aliphatic rings. The van der Waals surface area contributed by atoms with Crippen LogP contribution in [0.1, 0.15) is 0 Å². The van der Waals surface area contributed by atoms with Gasteiger partial charge in [0.2, 0.25) is 0 Å². The van der Waals surface area contributed by atoms with Crippen molar-refractivity contribution in [1.29, 1.82) is 5.26 Å². The molecule has 0 rings (SSSR count). The van der Waals surface area contributed by atoms with Crippen LogP contribution in [0.4, 0.5) is 0 Å². The molecule has 0 bridgehead atoms. The molecule has 12 heavy (non-hydrogen) atoms. The number of esters is 1. The summed E-state index contributed by atoms with van der Waals surface area (Å²) in [7, 11) is 0. The van der Waals surface area contributed by atoms with Crippen LogP contribution in [0, 0.1) is 11.3 Å². The third-order valence-corrected chi connectivity index (χ3v) is 1.17. The van der Waals surface area contributed by atoms with Crippen molar-refractivity contribution in [2.75, 3.05) is 6.61 Å². The first-order valence-electron chi connectivity index (χ1n) is 2.80. The van der Waals surface area contributed by atoms with Gasteiger partial charge in [-0.3, -0.25) is 0 Å².